The topological polar surface area (TPSA) is 95.9 Å². The molecule has 3 rings (SSSR count). The zero-order valence-electron chi connectivity index (χ0n) is 15.1. The Morgan fingerprint density at radius 2 is 1.96 bits per heavy atom. The third kappa shape index (κ3) is 3.93. The van der Waals surface area contributed by atoms with Crippen molar-refractivity contribution in [2.45, 2.75) is 0 Å². The van der Waals surface area contributed by atoms with Gasteiger partial charge >= 0.3 is 0 Å². The zero-order chi connectivity index (χ0) is 19.4. The fourth-order valence-corrected chi connectivity index (χ4v) is 2.77. The molecule has 0 bridgehead atoms. The van der Waals surface area contributed by atoms with E-state index in [0.29, 0.717) is 25.5 Å². The number of ether oxygens (including phenoxy) is 1. The number of pyridine rings is 1. The third-order valence-corrected chi connectivity index (χ3v) is 4.19. The van der Waals surface area contributed by atoms with E-state index in [4.69, 9.17) is 4.74 Å². The first-order valence-corrected chi connectivity index (χ1v) is 8.39. The van der Waals surface area contributed by atoms with Crippen LogP contribution in [0.1, 0.15) is 20.8 Å². The number of hydrogen-bond acceptors (Lipinski definition) is 6. The van der Waals surface area contributed by atoms with Crippen molar-refractivity contribution in [3.8, 4) is 0 Å². The number of carbonyl (C=O) groups is 2. The van der Waals surface area contributed by atoms with Crippen molar-refractivity contribution in [2.75, 3.05) is 44.4 Å². The van der Waals surface area contributed by atoms with Gasteiger partial charge < -0.3 is 9.64 Å². The van der Waals surface area contributed by atoms with Crippen LogP contribution in [0.2, 0.25) is 0 Å². The molecule has 2 amide bonds. The number of fused-ring (bicyclic) bond motifs is 1. The number of nitrogens with zero attached hydrogens (tertiary/aromatic N) is 3. The van der Waals surface area contributed by atoms with Gasteiger partial charge in [0, 0.05) is 33.0 Å². The van der Waals surface area contributed by atoms with Crippen LogP contribution in [0.25, 0.3) is 0 Å². The summed E-state index contributed by atoms with van der Waals surface area (Å²) in [6, 6.07) is 10.2. The van der Waals surface area contributed by atoms with Crippen LogP contribution in [0, 0.1) is 0 Å². The maximum Gasteiger partial charge on any atom is 0.275 e. The van der Waals surface area contributed by atoms with Crippen LogP contribution < -0.4 is 21.3 Å². The molecule has 0 atom stereocenters. The molecule has 2 aromatic rings. The molecule has 0 radical (unpaired) electrons. The molecule has 0 spiro atoms. The van der Waals surface area contributed by atoms with Gasteiger partial charge in [0.15, 0.2) is 5.43 Å². The lowest BCUT2D eigenvalue weighted by molar-refractivity contribution is 0.0634. The average molecular weight is 371 g/mol. The number of hydrazine groups is 1. The predicted octanol–water partition coefficient (Wildman–Crippen LogP) is 0.233. The van der Waals surface area contributed by atoms with Crippen LogP contribution in [0.4, 0.5) is 5.69 Å². The molecule has 0 fully saturated rings. The van der Waals surface area contributed by atoms with Crippen molar-refractivity contribution >= 4 is 17.5 Å². The Morgan fingerprint density at radius 3 is 2.67 bits per heavy atom. The Labute approximate surface area is 156 Å². The van der Waals surface area contributed by atoms with E-state index in [1.54, 1.807) is 36.2 Å². The summed E-state index contributed by atoms with van der Waals surface area (Å²) in [7, 11) is 3.33. The molecule has 0 saturated heterocycles. The van der Waals surface area contributed by atoms with Crippen molar-refractivity contribution in [1.82, 2.24) is 15.0 Å². The highest BCUT2D eigenvalue weighted by molar-refractivity contribution is 5.97. The standard InChI is InChI=1S/C18H21N5O4/c1-21-12-22(8-9-27-2)18(26)15-10-16(24)14(11-23(15)21)17(25)20-19-13-6-4-3-5-7-13/h3-7,10-11,19H,8-9,12H2,1-2H3,(H,20,25). The number of para-hydroxylation sites is 1. The molecular formula is C18H21N5O4. The van der Waals surface area contributed by atoms with Gasteiger partial charge in [-0.3, -0.25) is 34.9 Å². The molecule has 9 nitrogen and oxygen atoms in total. The highest BCUT2D eigenvalue weighted by atomic mass is 16.5. The van der Waals surface area contributed by atoms with Gasteiger partial charge in [0.25, 0.3) is 11.8 Å². The number of hydrogen-bond donors (Lipinski definition) is 2. The lowest BCUT2D eigenvalue weighted by atomic mass is 10.2. The van der Waals surface area contributed by atoms with Crippen molar-refractivity contribution < 1.29 is 14.3 Å². The molecule has 1 aliphatic rings. The average Bonchev–Trinajstić information content (AvgIpc) is 2.68. The number of amides is 2. The maximum absolute atomic E-state index is 12.6. The first-order valence-electron chi connectivity index (χ1n) is 8.39. The first-order chi connectivity index (χ1) is 13.0. The quantitative estimate of drug-likeness (QED) is 0.706. The molecule has 0 aliphatic carbocycles. The van der Waals surface area contributed by atoms with Gasteiger partial charge in [0.05, 0.1) is 12.3 Å². The number of rotatable bonds is 6. The SMILES string of the molecule is COCCN1CN(C)n2cc(C(=O)NNc3ccccc3)c(=O)cc2C1=O. The smallest absolute Gasteiger partial charge is 0.275 e. The largest absolute Gasteiger partial charge is 0.383 e. The lowest BCUT2D eigenvalue weighted by Gasteiger charge is -2.37. The van der Waals surface area contributed by atoms with Crippen LogP contribution >= 0.6 is 0 Å². The molecule has 2 heterocycles. The molecule has 27 heavy (non-hydrogen) atoms. The van der Waals surface area contributed by atoms with E-state index in [0.717, 1.165) is 0 Å². The lowest BCUT2D eigenvalue weighted by Crippen LogP contribution is -2.53. The number of benzene rings is 1. The number of nitrogens with one attached hydrogen (secondary N) is 2. The van der Waals surface area contributed by atoms with Gasteiger partial charge in [0.2, 0.25) is 0 Å². The summed E-state index contributed by atoms with van der Waals surface area (Å²) < 4.78 is 6.53. The molecular weight excluding hydrogens is 350 g/mol. The zero-order valence-corrected chi connectivity index (χ0v) is 15.1. The fourth-order valence-electron chi connectivity index (χ4n) is 2.77. The highest BCUT2D eigenvalue weighted by Crippen LogP contribution is 2.12. The Hall–Kier alpha value is -3.33. The van der Waals surface area contributed by atoms with E-state index in [1.165, 1.54) is 16.9 Å². The minimum atomic E-state index is -0.582. The van der Waals surface area contributed by atoms with Crippen molar-refractivity contribution in [2.24, 2.45) is 0 Å². The van der Waals surface area contributed by atoms with Crippen LogP contribution in [-0.2, 0) is 4.74 Å². The van der Waals surface area contributed by atoms with E-state index >= 15 is 0 Å². The van der Waals surface area contributed by atoms with Gasteiger partial charge in [-0.15, -0.1) is 0 Å². The number of methoxy groups -OCH3 is 1. The Bertz CT molecular complexity index is 896. The van der Waals surface area contributed by atoms with E-state index in [-0.39, 0.29) is 17.2 Å². The second-order valence-corrected chi connectivity index (χ2v) is 6.09. The third-order valence-electron chi connectivity index (χ3n) is 4.19. The summed E-state index contributed by atoms with van der Waals surface area (Å²) in [5.74, 6) is -0.863. The molecule has 1 aliphatic heterocycles. The van der Waals surface area contributed by atoms with Crippen LogP contribution in [0.3, 0.4) is 0 Å². The van der Waals surface area contributed by atoms with E-state index < -0.39 is 11.3 Å². The van der Waals surface area contributed by atoms with Crippen molar-refractivity contribution in [1.29, 1.82) is 0 Å². The normalized spacial score (nSPS) is 13.3. The van der Waals surface area contributed by atoms with Gasteiger partial charge in [-0.1, -0.05) is 18.2 Å². The second kappa shape index (κ2) is 7.92. The number of anilines is 1. The maximum atomic E-state index is 12.6. The monoisotopic (exact) mass is 371 g/mol. The molecule has 0 unspecified atom stereocenters. The summed E-state index contributed by atoms with van der Waals surface area (Å²) in [4.78, 5) is 39.0. The second-order valence-electron chi connectivity index (χ2n) is 6.09. The van der Waals surface area contributed by atoms with Gasteiger partial charge in [-0.25, -0.2) is 0 Å². The summed E-state index contributed by atoms with van der Waals surface area (Å²) in [6.07, 6.45) is 1.38. The van der Waals surface area contributed by atoms with E-state index in [1.807, 2.05) is 18.2 Å². The summed E-state index contributed by atoms with van der Waals surface area (Å²) in [6.45, 7) is 1.13. The number of carbonyl (C=O) groups excluding carboxylic acids is 2. The molecule has 142 valence electrons. The summed E-state index contributed by atoms with van der Waals surface area (Å²) >= 11 is 0. The molecule has 0 saturated carbocycles. The Kier molecular flexibility index (Phi) is 5.41. The Morgan fingerprint density at radius 1 is 1.22 bits per heavy atom. The fraction of sp³-hybridized carbons (Fsp3) is 0.278. The van der Waals surface area contributed by atoms with Gasteiger partial charge in [0.1, 0.15) is 17.9 Å². The molecule has 1 aromatic heterocycles. The van der Waals surface area contributed by atoms with Gasteiger partial charge in [-0.05, 0) is 12.1 Å². The number of aromatic nitrogens is 1. The van der Waals surface area contributed by atoms with E-state index in [2.05, 4.69) is 10.9 Å². The molecule has 9 heteroatoms. The van der Waals surface area contributed by atoms with Crippen molar-refractivity contribution in [3.63, 3.8) is 0 Å². The van der Waals surface area contributed by atoms with E-state index in [9.17, 15) is 14.4 Å². The first kappa shape index (κ1) is 18.5. The van der Waals surface area contributed by atoms with Gasteiger partial charge in [-0.2, -0.15) is 0 Å². The van der Waals surface area contributed by atoms with Crippen LogP contribution in [-0.4, -0.2) is 55.4 Å². The minimum absolute atomic E-state index is 0.0628. The summed E-state index contributed by atoms with van der Waals surface area (Å²) in [5, 5.41) is 1.74. The van der Waals surface area contributed by atoms with Crippen LogP contribution in [0.5, 0.6) is 0 Å². The van der Waals surface area contributed by atoms with Crippen LogP contribution in [0.15, 0.2) is 47.4 Å². The predicted molar refractivity (Wildman–Crippen MR) is 100 cm³/mol. The molecule has 2 N–H and O–H groups in total. The molecule has 1 aromatic carbocycles. The van der Waals surface area contributed by atoms with Crippen molar-refractivity contribution in [3.05, 3.63) is 64.1 Å². The summed E-state index contributed by atoms with van der Waals surface area (Å²) in [5.41, 5.74) is 5.55. The minimum Gasteiger partial charge on any atom is -0.383 e. The highest BCUT2D eigenvalue weighted by Gasteiger charge is 2.28. The Balaban J connectivity index is 1.81.